The summed E-state index contributed by atoms with van der Waals surface area (Å²) in [5.41, 5.74) is 0.640. The molecule has 2 rings (SSSR count). The van der Waals surface area contributed by atoms with Gasteiger partial charge in [-0.05, 0) is 18.8 Å². The molecule has 1 aliphatic rings. The molecule has 19 heavy (non-hydrogen) atoms. The molecule has 3 atom stereocenters. The second-order valence-electron chi connectivity index (χ2n) is 5.02. The van der Waals surface area contributed by atoms with Gasteiger partial charge in [0.1, 0.15) is 0 Å². The molecule has 0 spiro atoms. The Bertz CT molecular complexity index is 536. The standard InChI is InChI=1S/C12H16N2O4S/c1-6-2-8(9(3-6)11(16)17)10(15)13-4-7-5-19-12(18)14-7/h5-6,8-9H,2-4H2,1H3,(H,13,15)(H,14,18)(H,16,17)/t6?,8-,9+/m0/s1. The summed E-state index contributed by atoms with van der Waals surface area (Å²) in [6.07, 6.45) is 1.14. The number of rotatable bonds is 4. The monoisotopic (exact) mass is 284 g/mol. The minimum Gasteiger partial charge on any atom is -0.481 e. The van der Waals surface area contributed by atoms with E-state index < -0.39 is 17.8 Å². The van der Waals surface area contributed by atoms with Crippen LogP contribution in [0.1, 0.15) is 25.5 Å². The molecule has 1 unspecified atom stereocenters. The van der Waals surface area contributed by atoms with E-state index >= 15 is 0 Å². The molecule has 0 bridgehead atoms. The van der Waals surface area contributed by atoms with Crippen LogP contribution in [0.4, 0.5) is 0 Å². The first-order valence-corrected chi connectivity index (χ1v) is 7.02. The fourth-order valence-corrected chi connectivity index (χ4v) is 3.15. The van der Waals surface area contributed by atoms with Crippen LogP contribution in [0.2, 0.25) is 0 Å². The maximum Gasteiger partial charge on any atom is 0.307 e. The van der Waals surface area contributed by atoms with E-state index in [9.17, 15) is 14.4 Å². The molecule has 1 fully saturated rings. The van der Waals surface area contributed by atoms with Crippen molar-refractivity contribution >= 4 is 23.2 Å². The highest BCUT2D eigenvalue weighted by molar-refractivity contribution is 7.07. The first-order chi connectivity index (χ1) is 8.97. The second kappa shape index (κ2) is 5.56. The van der Waals surface area contributed by atoms with Crippen molar-refractivity contribution in [3.05, 3.63) is 20.7 Å². The van der Waals surface area contributed by atoms with Crippen LogP contribution in [0.5, 0.6) is 0 Å². The van der Waals surface area contributed by atoms with E-state index in [1.165, 1.54) is 0 Å². The lowest BCUT2D eigenvalue weighted by atomic mass is 9.95. The number of hydrogen-bond acceptors (Lipinski definition) is 4. The molecule has 0 aromatic carbocycles. The van der Waals surface area contributed by atoms with E-state index in [2.05, 4.69) is 10.3 Å². The van der Waals surface area contributed by atoms with E-state index in [0.717, 1.165) is 11.3 Å². The minimum absolute atomic E-state index is 0.165. The molecule has 0 radical (unpaired) electrons. The Labute approximate surface area is 113 Å². The third kappa shape index (κ3) is 3.23. The predicted octanol–water partition coefficient (Wildman–Crippen LogP) is 0.799. The number of aliphatic carboxylic acids is 1. The van der Waals surface area contributed by atoms with Crippen molar-refractivity contribution in [2.75, 3.05) is 0 Å². The molecule has 6 nitrogen and oxygen atoms in total. The minimum atomic E-state index is -0.909. The lowest BCUT2D eigenvalue weighted by molar-refractivity contribution is -0.146. The second-order valence-corrected chi connectivity index (χ2v) is 5.86. The normalized spacial score (nSPS) is 26.3. The smallest absolute Gasteiger partial charge is 0.307 e. The number of carboxylic acids is 1. The van der Waals surface area contributed by atoms with Crippen molar-refractivity contribution in [2.45, 2.75) is 26.3 Å². The number of H-pyrrole nitrogens is 1. The van der Waals surface area contributed by atoms with E-state index in [1.54, 1.807) is 5.38 Å². The van der Waals surface area contributed by atoms with Gasteiger partial charge in [0.05, 0.1) is 18.4 Å². The molecule has 1 aliphatic carbocycles. The number of nitrogens with one attached hydrogen (secondary N) is 2. The van der Waals surface area contributed by atoms with Crippen molar-refractivity contribution in [1.29, 1.82) is 0 Å². The van der Waals surface area contributed by atoms with Gasteiger partial charge in [0.2, 0.25) is 5.91 Å². The van der Waals surface area contributed by atoms with Gasteiger partial charge in [-0.15, -0.1) is 0 Å². The molecule has 104 valence electrons. The number of aromatic amines is 1. The van der Waals surface area contributed by atoms with Gasteiger partial charge in [-0.25, -0.2) is 0 Å². The first kappa shape index (κ1) is 13.8. The zero-order chi connectivity index (χ0) is 14.0. The largest absolute Gasteiger partial charge is 0.481 e. The molecule has 0 aliphatic heterocycles. The fourth-order valence-electron chi connectivity index (χ4n) is 2.57. The predicted molar refractivity (Wildman–Crippen MR) is 69.8 cm³/mol. The third-order valence-electron chi connectivity index (χ3n) is 3.48. The summed E-state index contributed by atoms with van der Waals surface area (Å²) < 4.78 is 0. The van der Waals surface area contributed by atoms with Gasteiger partial charge in [-0.1, -0.05) is 18.3 Å². The summed E-state index contributed by atoms with van der Waals surface area (Å²) in [7, 11) is 0. The van der Waals surface area contributed by atoms with Crippen LogP contribution in [0.25, 0.3) is 0 Å². The average Bonchev–Trinajstić information content (AvgIpc) is 2.92. The zero-order valence-electron chi connectivity index (χ0n) is 10.5. The van der Waals surface area contributed by atoms with Crippen LogP contribution < -0.4 is 10.2 Å². The summed E-state index contributed by atoms with van der Waals surface area (Å²) in [6, 6.07) is 0. The highest BCUT2D eigenvalue weighted by Gasteiger charge is 2.40. The maximum absolute atomic E-state index is 12.0. The van der Waals surface area contributed by atoms with Gasteiger partial charge >= 0.3 is 10.8 Å². The van der Waals surface area contributed by atoms with Gasteiger partial charge in [-0.3, -0.25) is 14.4 Å². The van der Waals surface area contributed by atoms with Crippen molar-refractivity contribution in [1.82, 2.24) is 10.3 Å². The van der Waals surface area contributed by atoms with Crippen LogP contribution in [0.15, 0.2) is 10.2 Å². The lowest BCUT2D eigenvalue weighted by Gasteiger charge is -2.15. The molecule has 3 N–H and O–H groups in total. The molecule has 7 heteroatoms. The molecule has 1 aromatic heterocycles. The molecular weight excluding hydrogens is 268 g/mol. The van der Waals surface area contributed by atoms with Crippen molar-refractivity contribution in [3.8, 4) is 0 Å². The zero-order valence-corrected chi connectivity index (χ0v) is 11.3. The van der Waals surface area contributed by atoms with E-state index in [-0.39, 0.29) is 23.2 Å². The Kier molecular flexibility index (Phi) is 4.04. The van der Waals surface area contributed by atoms with Gasteiger partial charge in [-0.2, -0.15) is 0 Å². The first-order valence-electron chi connectivity index (χ1n) is 6.14. The quantitative estimate of drug-likeness (QED) is 0.761. The Hall–Kier alpha value is -1.63. The highest BCUT2D eigenvalue weighted by Crippen LogP contribution is 2.36. The molecule has 1 aromatic rings. The number of carbonyl (C=O) groups excluding carboxylic acids is 1. The van der Waals surface area contributed by atoms with Crippen molar-refractivity contribution < 1.29 is 14.7 Å². The summed E-state index contributed by atoms with van der Waals surface area (Å²) in [5, 5.41) is 13.5. The molecule has 1 heterocycles. The van der Waals surface area contributed by atoms with Crippen LogP contribution in [-0.4, -0.2) is 22.0 Å². The average molecular weight is 284 g/mol. The Morgan fingerprint density at radius 3 is 2.74 bits per heavy atom. The van der Waals surface area contributed by atoms with Crippen LogP contribution >= 0.6 is 11.3 Å². The summed E-state index contributed by atoms with van der Waals surface area (Å²) in [6.45, 7) is 2.19. The number of aromatic nitrogens is 1. The van der Waals surface area contributed by atoms with E-state index in [0.29, 0.717) is 18.5 Å². The van der Waals surface area contributed by atoms with Crippen molar-refractivity contribution in [2.24, 2.45) is 17.8 Å². The van der Waals surface area contributed by atoms with Gasteiger partial charge in [0.25, 0.3) is 0 Å². The van der Waals surface area contributed by atoms with Gasteiger partial charge < -0.3 is 15.4 Å². The molecule has 1 saturated carbocycles. The van der Waals surface area contributed by atoms with Crippen LogP contribution in [-0.2, 0) is 16.1 Å². The number of carbonyl (C=O) groups is 2. The summed E-state index contributed by atoms with van der Waals surface area (Å²) >= 11 is 1.04. The number of thiazole rings is 1. The van der Waals surface area contributed by atoms with Gasteiger partial charge in [0, 0.05) is 11.1 Å². The summed E-state index contributed by atoms with van der Waals surface area (Å²) in [4.78, 5) is 36.5. The van der Waals surface area contributed by atoms with Crippen molar-refractivity contribution in [3.63, 3.8) is 0 Å². The number of hydrogen-bond donors (Lipinski definition) is 3. The number of carboxylic acid groups (broad SMARTS) is 1. The van der Waals surface area contributed by atoms with E-state index in [1.807, 2.05) is 6.92 Å². The van der Waals surface area contributed by atoms with Crippen LogP contribution in [0, 0.1) is 17.8 Å². The molecule has 1 amide bonds. The number of amides is 1. The third-order valence-corrected chi connectivity index (χ3v) is 4.19. The Morgan fingerprint density at radius 2 is 2.16 bits per heavy atom. The molecular formula is C12H16N2O4S. The van der Waals surface area contributed by atoms with E-state index in [4.69, 9.17) is 5.11 Å². The fraction of sp³-hybridized carbons (Fsp3) is 0.583. The Balaban J connectivity index is 1.95. The van der Waals surface area contributed by atoms with Crippen LogP contribution in [0.3, 0.4) is 0 Å². The topological polar surface area (TPSA) is 99.3 Å². The molecule has 0 saturated heterocycles. The summed E-state index contributed by atoms with van der Waals surface area (Å²) in [5.74, 6) is -1.98. The lowest BCUT2D eigenvalue weighted by Crippen LogP contribution is -2.35. The maximum atomic E-state index is 12.0. The SMILES string of the molecule is CC1C[C@H](C(=O)NCc2csc(=O)[nH]2)[C@H](C(=O)O)C1. The Morgan fingerprint density at radius 1 is 1.47 bits per heavy atom. The highest BCUT2D eigenvalue weighted by atomic mass is 32.1. The van der Waals surface area contributed by atoms with Gasteiger partial charge in [0.15, 0.2) is 0 Å².